The molecule has 1 aliphatic carbocycles. The molecule has 17 heavy (non-hydrogen) atoms. The maximum absolute atomic E-state index is 9.57. The van der Waals surface area contributed by atoms with E-state index in [-0.39, 0.29) is 6.10 Å². The molecule has 0 aromatic rings. The van der Waals surface area contributed by atoms with Crippen molar-refractivity contribution in [3.8, 4) is 0 Å². The van der Waals surface area contributed by atoms with E-state index in [1.807, 2.05) is 0 Å². The molecule has 0 bridgehead atoms. The van der Waals surface area contributed by atoms with E-state index in [9.17, 15) is 5.11 Å². The minimum atomic E-state index is -0.0235. The maximum atomic E-state index is 9.57. The Hall–Kier alpha value is -0.0800. The summed E-state index contributed by atoms with van der Waals surface area (Å²) < 4.78 is 0. The summed E-state index contributed by atoms with van der Waals surface area (Å²) >= 11 is 0. The smallest absolute Gasteiger partial charge is 0.0543 e. The summed E-state index contributed by atoms with van der Waals surface area (Å²) in [6, 6.07) is 0. The third-order valence-corrected chi connectivity index (χ3v) is 3.90. The molecule has 2 nitrogen and oxygen atoms in total. The average Bonchev–Trinajstić information content (AvgIpc) is 2.33. The minimum Gasteiger partial charge on any atom is -0.393 e. The molecule has 0 saturated heterocycles. The third kappa shape index (κ3) is 7.77. The minimum absolute atomic E-state index is 0.0235. The molecule has 1 fully saturated rings. The summed E-state index contributed by atoms with van der Waals surface area (Å²) in [6.45, 7) is 4.55. The highest BCUT2D eigenvalue weighted by Crippen LogP contribution is 2.23. The lowest BCUT2D eigenvalue weighted by atomic mass is 9.87. The SMILES string of the molecule is CCCCCCCCNCC1CCCC(O)C1. The average molecular weight is 241 g/mol. The van der Waals surface area contributed by atoms with Gasteiger partial charge in [-0.1, -0.05) is 45.4 Å². The van der Waals surface area contributed by atoms with Crippen LogP contribution in [0.1, 0.15) is 71.1 Å². The molecule has 0 spiro atoms. The van der Waals surface area contributed by atoms with Crippen molar-refractivity contribution in [2.75, 3.05) is 13.1 Å². The van der Waals surface area contributed by atoms with Crippen LogP contribution in [0, 0.1) is 5.92 Å². The van der Waals surface area contributed by atoms with Gasteiger partial charge in [0.25, 0.3) is 0 Å². The zero-order valence-electron chi connectivity index (χ0n) is 11.6. The second-order valence-corrected chi connectivity index (χ2v) is 5.66. The van der Waals surface area contributed by atoms with Gasteiger partial charge in [-0.25, -0.2) is 0 Å². The first-order valence-corrected chi connectivity index (χ1v) is 7.71. The Morgan fingerprint density at radius 1 is 1.06 bits per heavy atom. The van der Waals surface area contributed by atoms with Crippen molar-refractivity contribution in [1.82, 2.24) is 5.32 Å². The Labute approximate surface area is 107 Å². The lowest BCUT2D eigenvalue weighted by Gasteiger charge is -2.25. The van der Waals surface area contributed by atoms with E-state index in [0.717, 1.165) is 25.3 Å². The van der Waals surface area contributed by atoms with Crippen molar-refractivity contribution in [3.63, 3.8) is 0 Å². The van der Waals surface area contributed by atoms with E-state index in [2.05, 4.69) is 12.2 Å². The van der Waals surface area contributed by atoms with Crippen molar-refractivity contribution in [2.24, 2.45) is 5.92 Å². The van der Waals surface area contributed by atoms with E-state index in [0.29, 0.717) is 0 Å². The molecule has 1 saturated carbocycles. The molecular formula is C15H31NO. The van der Waals surface area contributed by atoms with Crippen LogP contribution in [0.4, 0.5) is 0 Å². The van der Waals surface area contributed by atoms with Crippen molar-refractivity contribution in [3.05, 3.63) is 0 Å². The van der Waals surface area contributed by atoms with E-state index in [4.69, 9.17) is 0 Å². The van der Waals surface area contributed by atoms with Crippen molar-refractivity contribution >= 4 is 0 Å². The van der Waals surface area contributed by atoms with Crippen molar-refractivity contribution in [2.45, 2.75) is 77.2 Å². The summed E-state index contributed by atoms with van der Waals surface area (Å²) in [5.74, 6) is 0.721. The largest absolute Gasteiger partial charge is 0.393 e. The van der Waals surface area contributed by atoms with Gasteiger partial charge in [0.15, 0.2) is 0 Å². The number of nitrogens with one attached hydrogen (secondary N) is 1. The number of aliphatic hydroxyl groups excluding tert-OH is 1. The summed E-state index contributed by atoms with van der Waals surface area (Å²) in [5, 5.41) is 13.1. The second-order valence-electron chi connectivity index (χ2n) is 5.66. The monoisotopic (exact) mass is 241 g/mol. The van der Waals surface area contributed by atoms with E-state index in [1.54, 1.807) is 0 Å². The Morgan fingerprint density at radius 3 is 2.59 bits per heavy atom. The molecule has 1 rings (SSSR count). The zero-order valence-corrected chi connectivity index (χ0v) is 11.6. The quantitative estimate of drug-likeness (QED) is 0.606. The molecule has 0 amide bonds. The molecule has 2 atom stereocenters. The van der Waals surface area contributed by atoms with Crippen molar-refractivity contribution < 1.29 is 5.11 Å². The van der Waals surface area contributed by atoms with E-state index >= 15 is 0 Å². The van der Waals surface area contributed by atoms with E-state index in [1.165, 1.54) is 57.9 Å². The Bertz CT molecular complexity index is 172. The summed E-state index contributed by atoms with van der Waals surface area (Å²) in [7, 11) is 0. The predicted octanol–water partition coefficient (Wildman–Crippen LogP) is 3.49. The van der Waals surface area contributed by atoms with Gasteiger partial charge in [0.1, 0.15) is 0 Å². The fraction of sp³-hybridized carbons (Fsp3) is 1.00. The lowest BCUT2D eigenvalue weighted by molar-refractivity contribution is 0.101. The fourth-order valence-electron chi connectivity index (χ4n) is 2.78. The fourth-order valence-corrected chi connectivity index (χ4v) is 2.78. The number of hydrogen-bond acceptors (Lipinski definition) is 2. The van der Waals surface area contributed by atoms with Gasteiger partial charge in [0, 0.05) is 0 Å². The number of aliphatic hydroxyl groups is 1. The van der Waals surface area contributed by atoms with E-state index < -0.39 is 0 Å². The van der Waals surface area contributed by atoms with Crippen LogP contribution in [-0.4, -0.2) is 24.3 Å². The topological polar surface area (TPSA) is 32.3 Å². The number of hydrogen-bond donors (Lipinski definition) is 2. The van der Waals surface area contributed by atoms with Crippen LogP contribution in [0.2, 0.25) is 0 Å². The van der Waals surface area contributed by atoms with Gasteiger partial charge in [0.05, 0.1) is 6.10 Å². The summed E-state index contributed by atoms with van der Waals surface area (Å²) in [6.07, 6.45) is 12.8. The molecule has 2 unspecified atom stereocenters. The van der Waals surface area contributed by atoms with Crippen LogP contribution in [0.5, 0.6) is 0 Å². The van der Waals surface area contributed by atoms with Gasteiger partial charge in [-0.2, -0.15) is 0 Å². The highest BCUT2D eigenvalue weighted by molar-refractivity contribution is 4.73. The van der Waals surface area contributed by atoms with Gasteiger partial charge >= 0.3 is 0 Å². The van der Waals surface area contributed by atoms with Crippen LogP contribution in [0.3, 0.4) is 0 Å². The number of unbranched alkanes of at least 4 members (excludes halogenated alkanes) is 5. The normalized spacial score (nSPS) is 25.1. The molecule has 0 aliphatic heterocycles. The van der Waals surface area contributed by atoms with Crippen LogP contribution < -0.4 is 5.32 Å². The first kappa shape index (κ1) is 15.0. The van der Waals surface area contributed by atoms with Gasteiger partial charge in [-0.15, -0.1) is 0 Å². The van der Waals surface area contributed by atoms with Gasteiger partial charge < -0.3 is 10.4 Å². The van der Waals surface area contributed by atoms with Crippen LogP contribution >= 0.6 is 0 Å². The van der Waals surface area contributed by atoms with Gasteiger partial charge in [-0.3, -0.25) is 0 Å². The molecule has 0 radical (unpaired) electrons. The first-order valence-electron chi connectivity index (χ1n) is 7.71. The molecule has 0 aromatic heterocycles. The zero-order chi connectivity index (χ0) is 12.3. The molecule has 102 valence electrons. The first-order chi connectivity index (χ1) is 8.33. The van der Waals surface area contributed by atoms with Crippen LogP contribution in [-0.2, 0) is 0 Å². The molecular weight excluding hydrogens is 210 g/mol. The van der Waals surface area contributed by atoms with Crippen LogP contribution in [0.25, 0.3) is 0 Å². The molecule has 0 aromatic carbocycles. The maximum Gasteiger partial charge on any atom is 0.0543 e. The highest BCUT2D eigenvalue weighted by Gasteiger charge is 2.19. The molecule has 2 heteroatoms. The standard InChI is InChI=1S/C15H31NO/c1-2-3-4-5-6-7-11-16-13-14-9-8-10-15(17)12-14/h14-17H,2-13H2,1H3. The third-order valence-electron chi connectivity index (χ3n) is 3.90. The summed E-state index contributed by atoms with van der Waals surface area (Å²) in [4.78, 5) is 0. The summed E-state index contributed by atoms with van der Waals surface area (Å²) in [5.41, 5.74) is 0. The van der Waals surface area contributed by atoms with Crippen LogP contribution in [0.15, 0.2) is 0 Å². The Morgan fingerprint density at radius 2 is 1.82 bits per heavy atom. The highest BCUT2D eigenvalue weighted by atomic mass is 16.3. The van der Waals surface area contributed by atoms with Gasteiger partial charge in [-0.05, 0) is 44.7 Å². The molecule has 2 N–H and O–H groups in total. The van der Waals surface area contributed by atoms with Gasteiger partial charge in [0.2, 0.25) is 0 Å². The molecule has 1 aliphatic rings. The second kappa shape index (κ2) is 9.90. The lowest BCUT2D eigenvalue weighted by Crippen LogP contribution is -2.29. The predicted molar refractivity (Wildman–Crippen MR) is 74.2 cm³/mol. The Kier molecular flexibility index (Phi) is 8.72. The molecule has 0 heterocycles. The Balaban J connectivity index is 1.83. The van der Waals surface area contributed by atoms with Crippen molar-refractivity contribution in [1.29, 1.82) is 0 Å². The number of rotatable bonds is 9.